The second kappa shape index (κ2) is 4.61. The summed E-state index contributed by atoms with van der Waals surface area (Å²) >= 11 is 1.55. The van der Waals surface area contributed by atoms with Crippen molar-refractivity contribution in [2.45, 2.75) is 17.6 Å². The topological polar surface area (TPSA) is 39.2 Å². The molecule has 0 aliphatic rings. The maximum Gasteiger partial charge on any atom is 0.129 e. The second-order valence-electron chi connectivity index (χ2n) is 3.48. The van der Waals surface area contributed by atoms with Crippen molar-refractivity contribution < 1.29 is 8.81 Å². The summed E-state index contributed by atoms with van der Waals surface area (Å²) in [6, 6.07) is 6.65. The molecular weight excluding hydrogens is 225 g/mol. The fourth-order valence-corrected chi connectivity index (χ4v) is 2.31. The van der Waals surface area contributed by atoms with Crippen LogP contribution in [0, 0.1) is 12.7 Å². The molecule has 0 aliphatic carbocycles. The average molecular weight is 237 g/mol. The number of halogens is 1. The van der Waals surface area contributed by atoms with Crippen molar-refractivity contribution in [2.24, 2.45) is 0 Å². The molecule has 0 spiro atoms. The summed E-state index contributed by atoms with van der Waals surface area (Å²) in [5.41, 5.74) is 6.58. The SMILES string of the molecule is Cc1occc1SCc1ccc(N)cc1F. The molecule has 0 saturated carbocycles. The van der Waals surface area contributed by atoms with Gasteiger partial charge in [-0.1, -0.05) is 6.07 Å². The summed E-state index contributed by atoms with van der Waals surface area (Å²) in [4.78, 5) is 1.04. The molecule has 2 aromatic rings. The number of benzene rings is 1. The van der Waals surface area contributed by atoms with Crippen molar-refractivity contribution in [1.29, 1.82) is 0 Å². The van der Waals surface area contributed by atoms with Gasteiger partial charge >= 0.3 is 0 Å². The van der Waals surface area contributed by atoms with Crippen molar-refractivity contribution in [3.05, 3.63) is 47.7 Å². The normalized spacial score (nSPS) is 10.6. The van der Waals surface area contributed by atoms with Gasteiger partial charge in [-0.15, -0.1) is 11.8 Å². The van der Waals surface area contributed by atoms with Crippen LogP contribution in [0.3, 0.4) is 0 Å². The minimum atomic E-state index is -0.256. The van der Waals surface area contributed by atoms with Gasteiger partial charge in [0.15, 0.2) is 0 Å². The van der Waals surface area contributed by atoms with Gasteiger partial charge in [0.05, 0.1) is 6.26 Å². The van der Waals surface area contributed by atoms with Gasteiger partial charge < -0.3 is 10.2 Å². The molecule has 0 amide bonds. The third-order valence-corrected chi connectivity index (χ3v) is 3.46. The Bertz CT molecular complexity index is 496. The fraction of sp³-hybridized carbons (Fsp3) is 0.167. The lowest BCUT2D eigenvalue weighted by Crippen LogP contribution is -1.91. The third kappa shape index (κ3) is 2.39. The molecule has 0 bridgehead atoms. The van der Waals surface area contributed by atoms with E-state index in [1.54, 1.807) is 30.2 Å². The first-order chi connectivity index (χ1) is 7.66. The van der Waals surface area contributed by atoms with E-state index in [1.807, 2.05) is 13.0 Å². The molecule has 1 aromatic heterocycles. The van der Waals surface area contributed by atoms with Crippen molar-refractivity contribution in [1.82, 2.24) is 0 Å². The molecule has 16 heavy (non-hydrogen) atoms. The summed E-state index contributed by atoms with van der Waals surface area (Å²) in [5, 5.41) is 0. The van der Waals surface area contributed by atoms with Crippen molar-refractivity contribution in [3.8, 4) is 0 Å². The lowest BCUT2D eigenvalue weighted by Gasteiger charge is -2.03. The lowest BCUT2D eigenvalue weighted by molar-refractivity contribution is 0.527. The highest BCUT2D eigenvalue weighted by Crippen LogP contribution is 2.27. The Kier molecular flexibility index (Phi) is 3.19. The molecule has 4 heteroatoms. The number of anilines is 1. The quantitative estimate of drug-likeness (QED) is 0.654. The van der Waals surface area contributed by atoms with Gasteiger partial charge in [-0.3, -0.25) is 0 Å². The Morgan fingerprint density at radius 3 is 2.81 bits per heavy atom. The molecular formula is C12H12FNOS. The summed E-state index contributed by atoms with van der Waals surface area (Å²) in [6.07, 6.45) is 1.64. The summed E-state index contributed by atoms with van der Waals surface area (Å²) in [7, 11) is 0. The van der Waals surface area contributed by atoms with Crippen LogP contribution >= 0.6 is 11.8 Å². The van der Waals surface area contributed by atoms with E-state index in [4.69, 9.17) is 10.2 Å². The molecule has 0 atom stereocenters. The maximum atomic E-state index is 13.5. The van der Waals surface area contributed by atoms with Gasteiger partial charge in [0, 0.05) is 16.3 Å². The Balaban J connectivity index is 2.08. The first-order valence-electron chi connectivity index (χ1n) is 4.87. The highest BCUT2D eigenvalue weighted by atomic mass is 32.2. The molecule has 0 saturated heterocycles. The number of rotatable bonds is 3. The Morgan fingerprint density at radius 2 is 2.19 bits per heavy atom. The molecule has 0 aliphatic heterocycles. The summed E-state index contributed by atoms with van der Waals surface area (Å²) in [6.45, 7) is 1.89. The van der Waals surface area contributed by atoms with E-state index >= 15 is 0 Å². The number of nitrogen functional groups attached to an aromatic ring is 1. The molecule has 1 heterocycles. The maximum absolute atomic E-state index is 13.5. The minimum absolute atomic E-state index is 0.256. The van der Waals surface area contributed by atoms with Crippen LogP contribution in [-0.2, 0) is 5.75 Å². The predicted octanol–water partition coefficient (Wildman–Crippen LogP) is 3.60. The van der Waals surface area contributed by atoms with E-state index < -0.39 is 0 Å². The minimum Gasteiger partial charge on any atom is -0.468 e. The predicted molar refractivity (Wildman–Crippen MR) is 63.8 cm³/mol. The van der Waals surface area contributed by atoms with Crippen LogP contribution in [0.1, 0.15) is 11.3 Å². The Hall–Kier alpha value is -1.42. The number of aryl methyl sites for hydroxylation is 1. The zero-order valence-electron chi connectivity index (χ0n) is 8.87. The van der Waals surface area contributed by atoms with E-state index in [2.05, 4.69) is 0 Å². The van der Waals surface area contributed by atoms with Crippen LogP contribution in [0.15, 0.2) is 39.8 Å². The Labute approximate surface area is 97.6 Å². The van der Waals surface area contributed by atoms with E-state index in [-0.39, 0.29) is 5.82 Å². The van der Waals surface area contributed by atoms with Gasteiger partial charge in [-0.2, -0.15) is 0 Å². The van der Waals surface area contributed by atoms with E-state index in [0.717, 1.165) is 10.7 Å². The average Bonchev–Trinajstić information content (AvgIpc) is 2.63. The van der Waals surface area contributed by atoms with Crippen LogP contribution in [0.5, 0.6) is 0 Å². The van der Waals surface area contributed by atoms with E-state index in [1.165, 1.54) is 6.07 Å². The number of furan rings is 1. The summed E-state index contributed by atoms with van der Waals surface area (Å²) in [5.74, 6) is 1.18. The first-order valence-corrected chi connectivity index (χ1v) is 5.86. The molecule has 0 fully saturated rings. The number of hydrogen-bond donors (Lipinski definition) is 1. The molecule has 1 aromatic carbocycles. The van der Waals surface area contributed by atoms with Gasteiger partial charge in [0.2, 0.25) is 0 Å². The fourth-order valence-electron chi connectivity index (χ4n) is 1.36. The molecule has 0 unspecified atom stereocenters. The zero-order valence-corrected chi connectivity index (χ0v) is 9.68. The molecule has 2 nitrogen and oxygen atoms in total. The smallest absolute Gasteiger partial charge is 0.129 e. The number of nitrogens with two attached hydrogens (primary N) is 1. The number of hydrogen-bond acceptors (Lipinski definition) is 3. The summed E-state index contributed by atoms with van der Waals surface area (Å²) < 4.78 is 18.6. The van der Waals surface area contributed by atoms with E-state index in [0.29, 0.717) is 17.0 Å². The molecule has 84 valence electrons. The van der Waals surface area contributed by atoms with Gasteiger partial charge in [-0.05, 0) is 30.7 Å². The van der Waals surface area contributed by atoms with Crippen molar-refractivity contribution >= 4 is 17.4 Å². The van der Waals surface area contributed by atoms with Crippen LogP contribution in [-0.4, -0.2) is 0 Å². The first kappa shape index (κ1) is 11.1. The third-order valence-electron chi connectivity index (χ3n) is 2.27. The van der Waals surface area contributed by atoms with E-state index in [9.17, 15) is 4.39 Å². The number of thioether (sulfide) groups is 1. The second-order valence-corrected chi connectivity index (χ2v) is 4.50. The van der Waals surface area contributed by atoms with Gasteiger partial charge in [0.1, 0.15) is 11.6 Å². The van der Waals surface area contributed by atoms with Crippen LogP contribution < -0.4 is 5.73 Å². The zero-order chi connectivity index (χ0) is 11.5. The van der Waals surface area contributed by atoms with Gasteiger partial charge in [-0.25, -0.2) is 4.39 Å². The molecule has 2 rings (SSSR count). The van der Waals surface area contributed by atoms with Crippen molar-refractivity contribution in [3.63, 3.8) is 0 Å². The standard InChI is InChI=1S/C12H12FNOS/c1-8-12(4-5-15-8)16-7-9-2-3-10(14)6-11(9)13/h2-6H,7,14H2,1H3. The van der Waals surface area contributed by atoms with Crippen LogP contribution in [0.2, 0.25) is 0 Å². The monoisotopic (exact) mass is 237 g/mol. The van der Waals surface area contributed by atoms with Crippen LogP contribution in [0.25, 0.3) is 0 Å². The lowest BCUT2D eigenvalue weighted by atomic mass is 10.2. The van der Waals surface area contributed by atoms with Gasteiger partial charge in [0.25, 0.3) is 0 Å². The molecule has 2 N–H and O–H groups in total. The Morgan fingerprint density at radius 1 is 1.38 bits per heavy atom. The van der Waals surface area contributed by atoms with Crippen LogP contribution in [0.4, 0.5) is 10.1 Å². The molecule has 0 radical (unpaired) electrons. The highest BCUT2D eigenvalue weighted by molar-refractivity contribution is 7.98. The highest BCUT2D eigenvalue weighted by Gasteiger charge is 2.06. The van der Waals surface area contributed by atoms with Crippen molar-refractivity contribution in [2.75, 3.05) is 5.73 Å². The largest absolute Gasteiger partial charge is 0.468 e.